The Labute approximate surface area is 245 Å². The second kappa shape index (κ2) is 12.9. The number of halogens is 12. The second-order valence-electron chi connectivity index (χ2n) is 8.48. The average Bonchev–Trinajstić information content (AvgIpc) is 2.75. The fourth-order valence-corrected chi connectivity index (χ4v) is 7.00. The van der Waals surface area contributed by atoms with E-state index in [4.69, 9.17) is 11.6 Å². The Morgan fingerprint density at radius 1 is 1.05 bits per heavy atom. The van der Waals surface area contributed by atoms with Gasteiger partial charge >= 0.3 is 0 Å². The summed E-state index contributed by atoms with van der Waals surface area (Å²) in [4.78, 5) is 6.18. The molecule has 0 bridgehead atoms. The van der Waals surface area contributed by atoms with E-state index in [2.05, 4.69) is 66.0 Å². The molecule has 0 saturated heterocycles. The molecule has 1 aliphatic heterocycles. The molecule has 2 rings (SSSR count). The normalized spacial score (nSPS) is 20.1. The van der Waals surface area contributed by atoms with E-state index in [1.165, 1.54) is 25.3 Å². The maximum atomic E-state index is 14.0. The number of pyridine rings is 1. The van der Waals surface area contributed by atoms with E-state index in [1.54, 1.807) is 0 Å². The minimum absolute atomic E-state index is 0.135. The van der Waals surface area contributed by atoms with Gasteiger partial charge < -0.3 is 0 Å². The number of unbranched alkanes of at least 4 members (excludes halogenated alkanes) is 3. The number of allylic oxidation sites excluding steroid dienone is 2. The highest BCUT2D eigenvalue weighted by molar-refractivity contribution is 9.12. The molecule has 38 heavy (non-hydrogen) atoms. The molecule has 0 saturated carbocycles. The van der Waals surface area contributed by atoms with Crippen molar-refractivity contribution in [2.45, 2.75) is 74.6 Å². The van der Waals surface area contributed by atoms with Gasteiger partial charge in [0.2, 0.25) is 18.9 Å². The number of dihydropyridines is 1. The Morgan fingerprint density at radius 3 is 2.00 bits per heavy atom. The number of alkyl halides is 1. The quantitative estimate of drug-likeness (QED) is 0.101. The van der Waals surface area contributed by atoms with E-state index in [0.29, 0.717) is 27.9 Å². The Hall–Kier alpha value is -0.0200. The van der Waals surface area contributed by atoms with Gasteiger partial charge in [0.1, 0.15) is 0 Å². The van der Waals surface area contributed by atoms with Crippen LogP contribution in [-0.2, 0) is 0 Å². The van der Waals surface area contributed by atoms with Crippen LogP contribution in [0.5, 0.6) is 0 Å². The first-order valence-electron chi connectivity index (χ1n) is 11.4. The minimum Gasteiger partial charge on any atom is -0.269 e. The van der Waals surface area contributed by atoms with Crippen molar-refractivity contribution < 1.29 is 31.1 Å². The standard InChI is InChI=1S/C11H15BrClF4NS.C6H12.C5H5BrClF4NS/c1-2-3-4-10(13)8-19(14,15,16,17)11-6-5-9(12)7-18-11;1-3-5-6-4-2;6-4-1-2-5(12-3-4)13(7,8,9,10)11/h5-7,10H,2-4,8H2,1H3;3H,1,4-6H2,2H3;1,3,5H,2H2. The van der Waals surface area contributed by atoms with Gasteiger partial charge in [-0.2, -0.15) is 0 Å². The summed E-state index contributed by atoms with van der Waals surface area (Å²) >= 11 is 11.5. The Balaban J connectivity index is 0.000000620. The molecule has 0 amide bonds. The predicted octanol–water partition coefficient (Wildman–Crippen LogP) is 13.4. The average molecular weight is 771 g/mol. The largest absolute Gasteiger partial charge is 0.269 e. The molecule has 2 atom stereocenters. The van der Waals surface area contributed by atoms with Gasteiger partial charge in [0.25, 0.3) is 0 Å². The molecule has 0 fully saturated rings. The molecule has 0 aromatic carbocycles. The van der Waals surface area contributed by atoms with Crippen molar-refractivity contribution in [1.82, 2.24) is 4.98 Å². The van der Waals surface area contributed by atoms with Crippen molar-refractivity contribution >= 4 is 79.2 Å². The molecular formula is C22H32Br2Cl2F8N2S2. The summed E-state index contributed by atoms with van der Waals surface area (Å²) in [5.74, 6) is -1.64. The lowest BCUT2D eigenvalue weighted by atomic mass is 10.2. The van der Waals surface area contributed by atoms with E-state index in [1.807, 2.05) is 13.0 Å². The highest BCUT2D eigenvalue weighted by Crippen LogP contribution is 3.03. The highest BCUT2D eigenvalue weighted by Gasteiger charge is 2.68. The molecule has 0 N–H and O–H groups in total. The minimum atomic E-state index is -8.47. The molecular weight excluding hydrogens is 739 g/mol. The van der Waals surface area contributed by atoms with Crippen molar-refractivity contribution in [3.8, 4) is 0 Å². The lowest BCUT2D eigenvalue weighted by Gasteiger charge is -2.49. The monoisotopic (exact) mass is 768 g/mol. The van der Waals surface area contributed by atoms with Crippen LogP contribution < -0.4 is 0 Å². The van der Waals surface area contributed by atoms with E-state index in [-0.39, 0.29) is 6.42 Å². The molecule has 0 aliphatic carbocycles. The molecule has 1 aromatic rings. The topological polar surface area (TPSA) is 25.2 Å². The van der Waals surface area contributed by atoms with Gasteiger partial charge in [-0.25, -0.2) is 4.98 Å². The van der Waals surface area contributed by atoms with Crippen LogP contribution in [0.4, 0.5) is 31.1 Å². The molecule has 0 radical (unpaired) electrons. The Kier molecular flexibility index (Phi) is 12.9. The van der Waals surface area contributed by atoms with Crippen LogP contribution in [0.25, 0.3) is 0 Å². The number of hydrogen-bond donors (Lipinski definition) is 0. The first-order valence-corrected chi connectivity index (χ1v) is 18.5. The van der Waals surface area contributed by atoms with Crippen LogP contribution in [0.1, 0.15) is 58.8 Å². The maximum absolute atomic E-state index is 14.0. The molecule has 226 valence electrons. The zero-order valence-electron chi connectivity index (χ0n) is 20.7. The zero-order valence-corrected chi connectivity index (χ0v) is 27.0. The summed E-state index contributed by atoms with van der Waals surface area (Å²) in [5, 5.41) is -5.18. The van der Waals surface area contributed by atoms with E-state index in [9.17, 15) is 31.1 Å². The maximum Gasteiger partial charge on any atom is 0.250 e. The van der Waals surface area contributed by atoms with Crippen LogP contribution in [0.3, 0.4) is 0 Å². The van der Waals surface area contributed by atoms with Gasteiger partial charge in [-0.15, -0.1) is 49.3 Å². The van der Waals surface area contributed by atoms with Crippen LogP contribution in [-0.4, -0.2) is 27.7 Å². The summed E-state index contributed by atoms with van der Waals surface area (Å²) in [6, 6.07) is 1.77. The van der Waals surface area contributed by atoms with Crippen molar-refractivity contribution in [2.24, 2.45) is 4.99 Å². The summed E-state index contributed by atoms with van der Waals surface area (Å²) in [6.45, 7) is 7.62. The molecule has 2 heterocycles. The third-order valence-corrected chi connectivity index (χ3v) is 10.5. The molecule has 1 aromatic heterocycles. The lowest BCUT2D eigenvalue weighted by Crippen LogP contribution is -2.26. The fraction of sp³-hybridized carbons (Fsp3) is 0.545. The van der Waals surface area contributed by atoms with Gasteiger partial charge in [-0.1, -0.05) is 51.7 Å². The van der Waals surface area contributed by atoms with Crippen LogP contribution in [0.2, 0.25) is 0 Å². The number of aromatic nitrogens is 1. The smallest absolute Gasteiger partial charge is 0.250 e. The van der Waals surface area contributed by atoms with Gasteiger partial charge in [-0.05, 0) is 56.8 Å². The lowest BCUT2D eigenvalue weighted by molar-refractivity contribution is 0.432. The van der Waals surface area contributed by atoms with E-state index < -0.39 is 46.8 Å². The summed E-state index contributed by atoms with van der Waals surface area (Å²) < 4.78 is 107. The highest BCUT2D eigenvalue weighted by atomic mass is 79.9. The Bertz CT molecular complexity index is 986. The van der Waals surface area contributed by atoms with Crippen LogP contribution >= 0.6 is 73.0 Å². The number of rotatable bonds is 10. The summed E-state index contributed by atoms with van der Waals surface area (Å²) in [5.41, 5.74) is 0. The van der Waals surface area contributed by atoms with Crippen molar-refractivity contribution in [1.29, 1.82) is 0 Å². The van der Waals surface area contributed by atoms with Crippen LogP contribution in [0.15, 0.2) is 56.0 Å². The van der Waals surface area contributed by atoms with Gasteiger partial charge in [0.05, 0.1) is 5.75 Å². The number of hydrogen-bond acceptors (Lipinski definition) is 2. The predicted molar refractivity (Wildman–Crippen MR) is 158 cm³/mol. The first kappa shape index (κ1) is 38.0. The summed E-state index contributed by atoms with van der Waals surface area (Å²) in [6.07, 6.45) is 9.55. The van der Waals surface area contributed by atoms with Crippen molar-refractivity contribution in [2.75, 3.05) is 5.75 Å². The molecule has 1 aliphatic rings. The summed E-state index contributed by atoms with van der Waals surface area (Å²) in [7, 11) is -12.8. The van der Waals surface area contributed by atoms with Gasteiger partial charge in [0.15, 0.2) is 10.4 Å². The third-order valence-electron chi connectivity index (χ3n) is 4.71. The SMILES string of the molecule is C=CCCCC.CCCCC(Cl)CS(F)(F)(F)(F)c1ccc(Br)cn1.FS(F)(F)(F)(Cl)C1CC=C(Br)C=N1. The Morgan fingerprint density at radius 2 is 1.63 bits per heavy atom. The molecule has 16 heteroatoms. The molecule has 2 nitrogen and oxygen atoms in total. The number of nitrogens with zero attached hydrogens (tertiary/aromatic N) is 2. The van der Waals surface area contributed by atoms with E-state index >= 15 is 0 Å². The molecule has 2 unspecified atom stereocenters. The number of aliphatic imine (C=N–C) groups is 1. The fourth-order valence-electron chi connectivity index (χ4n) is 2.71. The zero-order chi connectivity index (χ0) is 30.0. The van der Waals surface area contributed by atoms with E-state index in [0.717, 1.165) is 18.5 Å². The molecule has 0 spiro atoms. The van der Waals surface area contributed by atoms with Crippen LogP contribution in [0, 0.1) is 0 Å². The first-order chi connectivity index (χ1) is 16.9. The second-order valence-corrected chi connectivity index (χ2v) is 18.7. The van der Waals surface area contributed by atoms with Crippen molar-refractivity contribution in [3.63, 3.8) is 0 Å². The van der Waals surface area contributed by atoms with Gasteiger partial charge in [-0.3, -0.25) is 4.99 Å². The third kappa shape index (κ3) is 15.1. The van der Waals surface area contributed by atoms with Crippen molar-refractivity contribution in [3.05, 3.63) is 46.0 Å². The van der Waals surface area contributed by atoms with Gasteiger partial charge in [0, 0.05) is 43.8 Å².